The van der Waals surface area contributed by atoms with Crippen LogP contribution in [-0.4, -0.2) is 27.3 Å². The average molecular weight is 379 g/mol. The van der Waals surface area contributed by atoms with E-state index in [0.29, 0.717) is 43.7 Å². The molecule has 1 N–H and O–H groups in total. The second-order valence-electron chi connectivity index (χ2n) is 6.92. The van der Waals surface area contributed by atoms with Crippen LogP contribution in [0.3, 0.4) is 0 Å². The molecule has 1 aliphatic heterocycles. The SMILES string of the molecule is Cc1ccc(Cc2nc3c(c(=O)[nH]2)CN(C(=O)Cc2cccs2)CC3)cc1. The third-order valence-electron chi connectivity index (χ3n) is 4.87. The molecular weight excluding hydrogens is 358 g/mol. The minimum atomic E-state index is -0.129. The molecule has 0 bridgehead atoms. The molecule has 1 aliphatic rings. The van der Waals surface area contributed by atoms with Gasteiger partial charge in [-0.3, -0.25) is 9.59 Å². The second-order valence-corrected chi connectivity index (χ2v) is 7.95. The smallest absolute Gasteiger partial charge is 0.256 e. The van der Waals surface area contributed by atoms with Gasteiger partial charge in [-0.05, 0) is 23.9 Å². The van der Waals surface area contributed by atoms with E-state index in [4.69, 9.17) is 0 Å². The van der Waals surface area contributed by atoms with E-state index in [-0.39, 0.29) is 11.5 Å². The predicted octanol–water partition coefficient (Wildman–Crippen LogP) is 2.86. The molecule has 4 rings (SSSR count). The highest BCUT2D eigenvalue weighted by molar-refractivity contribution is 7.10. The Kier molecular flexibility index (Phi) is 4.90. The van der Waals surface area contributed by atoms with Crippen LogP contribution in [0.4, 0.5) is 0 Å². The van der Waals surface area contributed by atoms with Gasteiger partial charge in [0, 0.05) is 24.3 Å². The third kappa shape index (κ3) is 4.01. The maximum absolute atomic E-state index is 12.6. The number of nitrogens with zero attached hydrogens (tertiary/aromatic N) is 2. The van der Waals surface area contributed by atoms with E-state index in [0.717, 1.165) is 16.1 Å². The van der Waals surface area contributed by atoms with Crippen molar-refractivity contribution in [2.45, 2.75) is 32.7 Å². The summed E-state index contributed by atoms with van der Waals surface area (Å²) in [6, 6.07) is 12.1. The number of aromatic amines is 1. The second kappa shape index (κ2) is 7.48. The summed E-state index contributed by atoms with van der Waals surface area (Å²) in [5.74, 6) is 0.743. The molecule has 0 saturated heterocycles. The largest absolute Gasteiger partial charge is 0.337 e. The van der Waals surface area contributed by atoms with E-state index < -0.39 is 0 Å². The summed E-state index contributed by atoms with van der Waals surface area (Å²) in [6.45, 7) is 3.00. The maximum atomic E-state index is 12.6. The van der Waals surface area contributed by atoms with Gasteiger partial charge in [0.2, 0.25) is 5.91 Å². The van der Waals surface area contributed by atoms with Gasteiger partial charge >= 0.3 is 0 Å². The number of rotatable bonds is 4. The Morgan fingerprint density at radius 3 is 2.81 bits per heavy atom. The summed E-state index contributed by atoms with van der Waals surface area (Å²) in [4.78, 5) is 35.5. The zero-order valence-corrected chi connectivity index (χ0v) is 16.0. The van der Waals surface area contributed by atoms with Crippen LogP contribution in [0.5, 0.6) is 0 Å². The molecule has 6 heteroatoms. The van der Waals surface area contributed by atoms with Gasteiger partial charge in [0.15, 0.2) is 0 Å². The van der Waals surface area contributed by atoms with Crippen molar-refractivity contribution in [3.05, 3.63) is 85.2 Å². The maximum Gasteiger partial charge on any atom is 0.256 e. The number of hydrogen-bond donors (Lipinski definition) is 1. The molecule has 3 aromatic rings. The van der Waals surface area contributed by atoms with Crippen LogP contribution < -0.4 is 5.56 Å². The molecule has 5 nitrogen and oxygen atoms in total. The number of carbonyl (C=O) groups excluding carboxylic acids is 1. The molecule has 2 aromatic heterocycles. The van der Waals surface area contributed by atoms with Crippen LogP contribution in [0.2, 0.25) is 0 Å². The first-order valence-corrected chi connectivity index (χ1v) is 9.93. The lowest BCUT2D eigenvalue weighted by Crippen LogP contribution is -2.40. The normalized spacial score (nSPS) is 13.4. The molecule has 1 amide bonds. The number of benzene rings is 1. The fourth-order valence-electron chi connectivity index (χ4n) is 3.35. The highest BCUT2D eigenvalue weighted by Gasteiger charge is 2.24. The number of thiophene rings is 1. The van der Waals surface area contributed by atoms with Crippen LogP contribution in [0, 0.1) is 6.92 Å². The highest BCUT2D eigenvalue weighted by atomic mass is 32.1. The number of amides is 1. The van der Waals surface area contributed by atoms with Crippen LogP contribution in [0.25, 0.3) is 0 Å². The minimum Gasteiger partial charge on any atom is -0.337 e. The van der Waals surface area contributed by atoms with Crippen LogP contribution >= 0.6 is 11.3 Å². The Labute approximate surface area is 161 Å². The number of fused-ring (bicyclic) bond motifs is 1. The summed E-state index contributed by atoms with van der Waals surface area (Å²) in [7, 11) is 0. The van der Waals surface area contributed by atoms with Gasteiger partial charge in [0.25, 0.3) is 5.56 Å². The van der Waals surface area contributed by atoms with Gasteiger partial charge in [0.05, 0.1) is 24.2 Å². The van der Waals surface area contributed by atoms with Crippen molar-refractivity contribution < 1.29 is 4.79 Å². The molecule has 0 spiro atoms. The number of aromatic nitrogens is 2. The molecule has 0 atom stereocenters. The van der Waals surface area contributed by atoms with Gasteiger partial charge in [-0.1, -0.05) is 35.9 Å². The fourth-order valence-corrected chi connectivity index (χ4v) is 4.04. The van der Waals surface area contributed by atoms with Crippen molar-refractivity contribution in [1.29, 1.82) is 0 Å². The van der Waals surface area contributed by atoms with Crippen LogP contribution in [0.15, 0.2) is 46.6 Å². The Bertz CT molecular complexity index is 1010. The first-order valence-electron chi connectivity index (χ1n) is 9.05. The van der Waals surface area contributed by atoms with Gasteiger partial charge in [-0.2, -0.15) is 0 Å². The van der Waals surface area contributed by atoms with Crippen molar-refractivity contribution in [2.75, 3.05) is 6.54 Å². The summed E-state index contributed by atoms with van der Waals surface area (Å²) < 4.78 is 0. The van der Waals surface area contributed by atoms with E-state index >= 15 is 0 Å². The average Bonchev–Trinajstić information content (AvgIpc) is 3.16. The van der Waals surface area contributed by atoms with Crippen molar-refractivity contribution in [3.8, 4) is 0 Å². The van der Waals surface area contributed by atoms with Crippen molar-refractivity contribution >= 4 is 17.2 Å². The van der Waals surface area contributed by atoms with Crippen LogP contribution in [-0.2, 0) is 30.6 Å². The fraction of sp³-hybridized carbons (Fsp3) is 0.286. The molecule has 0 saturated carbocycles. The molecule has 0 radical (unpaired) electrons. The summed E-state index contributed by atoms with van der Waals surface area (Å²) >= 11 is 1.58. The zero-order valence-electron chi connectivity index (χ0n) is 15.2. The van der Waals surface area contributed by atoms with Gasteiger partial charge in [0.1, 0.15) is 5.82 Å². The Balaban J connectivity index is 1.50. The van der Waals surface area contributed by atoms with Crippen molar-refractivity contribution in [2.24, 2.45) is 0 Å². The van der Waals surface area contributed by atoms with Crippen LogP contribution in [0.1, 0.15) is 33.1 Å². The number of aryl methyl sites for hydroxylation is 1. The standard InChI is InChI=1S/C21H21N3O2S/c1-14-4-6-15(7-5-14)11-19-22-18-8-9-24(13-17(18)21(26)23-19)20(25)12-16-3-2-10-27-16/h2-7,10H,8-9,11-13H2,1H3,(H,22,23,26). The zero-order chi connectivity index (χ0) is 18.8. The molecular formula is C21H21N3O2S. The molecule has 138 valence electrons. The van der Waals surface area contributed by atoms with Gasteiger partial charge < -0.3 is 9.88 Å². The molecule has 0 fully saturated rings. The third-order valence-corrected chi connectivity index (χ3v) is 5.74. The van der Waals surface area contributed by atoms with Crippen molar-refractivity contribution in [1.82, 2.24) is 14.9 Å². The predicted molar refractivity (Wildman–Crippen MR) is 106 cm³/mol. The number of hydrogen-bond acceptors (Lipinski definition) is 4. The lowest BCUT2D eigenvalue weighted by molar-refractivity contribution is -0.131. The number of carbonyl (C=O) groups is 1. The van der Waals surface area contributed by atoms with E-state index in [1.54, 1.807) is 16.2 Å². The van der Waals surface area contributed by atoms with Crippen molar-refractivity contribution in [3.63, 3.8) is 0 Å². The van der Waals surface area contributed by atoms with Gasteiger partial charge in [-0.15, -0.1) is 11.3 Å². The van der Waals surface area contributed by atoms with E-state index in [2.05, 4.69) is 34.2 Å². The highest BCUT2D eigenvalue weighted by Crippen LogP contribution is 2.17. The Morgan fingerprint density at radius 2 is 2.07 bits per heavy atom. The summed E-state index contributed by atoms with van der Waals surface area (Å²) in [5.41, 5.74) is 3.63. The topological polar surface area (TPSA) is 66.1 Å². The Morgan fingerprint density at radius 1 is 1.26 bits per heavy atom. The lowest BCUT2D eigenvalue weighted by Gasteiger charge is -2.27. The molecule has 0 unspecified atom stereocenters. The van der Waals surface area contributed by atoms with E-state index in [1.165, 1.54) is 5.56 Å². The first kappa shape index (κ1) is 17.7. The summed E-state index contributed by atoms with van der Waals surface area (Å²) in [5, 5.41) is 1.97. The quantitative estimate of drug-likeness (QED) is 0.758. The molecule has 1 aromatic carbocycles. The molecule has 3 heterocycles. The Hall–Kier alpha value is -2.73. The first-order chi connectivity index (χ1) is 13.1. The molecule has 27 heavy (non-hydrogen) atoms. The lowest BCUT2D eigenvalue weighted by atomic mass is 10.1. The van der Waals surface area contributed by atoms with E-state index in [1.807, 2.05) is 24.4 Å². The number of H-pyrrole nitrogens is 1. The van der Waals surface area contributed by atoms with E-state index in [9.17, 15) is 9.59 Å². The molecule has 0 aliphatic carbocycles. The summed E-state index contributed by atoms with van der Waals surface area (Å²) in [6.07, 6.45) is 1.62. The number of nitrogens with one attached hydrogen (secondary N) is 1. The minimum absolute atomic E-state index is 0.0613. The monoisotopic (exact) mass is 379 g/mol. The van der Waals surface area contributed by atoms with Gasteiger partial charge in [-0.25, -0.2) is 4.98 Å².